The van der Waals surface area contributed by atoms with E-state index < -0.39 is 12.5 Å². The molecular formula is C7H7F2N. The van der Waals surface area contributed by atoms with Gasteiger partial charge in [0, 0.05) is 11.3 Å². The summed E-state index contributed by atoms with van der Waals surface area (Å²) < 4.78 is 24.2. The van der Waals surface area contributed by atoms with E-state index in [4.69, 9.17) is 5.73 Å². The highest BCUT2D eigenvalue weighted by molar-refractivity contribution is 5.46. The molecule has 1 aromatic rings. The topological polar surface area (TPSA) is 26.0 Å². The van der Waals surface area contributed by atoms with Crippen LogP contribution < -0.4 is 5.73 Å². The molecule has 0 aromatic heterocycles. The number of nitrogen functional groups attached to an aromatic ring is 1. The molecule has 10 heavy (non-hydrogen) atoms. The minimum Gasteiger partial charge on any atom is -0.398 e. The first kappa shape index (κ1) is 6.99. The van der Waals surface area contributed by atoms with Gasteiger partial charge in [-0.3, -0.25) is 0 Å². The summed E-state index contributed by atoms with van der Waals surface area (Å²) in [6.45, 7) is -0.647. The highest BCUT2D eigenvalue weighted by atomic mass is 19.1. The molecule has 0 aliphatic rings. The Labute approximate surface area is 57.5 Å². The van der Waals surface area contributed by atoms with Crippen LogP contribution in [0.25, 0.3) is 0 Å². The van der Waals surface area contributed by atoms with Gasteiger partial charge in [0.25, 0.3) is 0 Å². The Morgan fingerprint density at radius 3 is 2.60 bits per heavy atom. The van der Waals surface area contributed by atoms with Crippen molar-refractivity contribution in [2.75, 3.05) is 5.73 Å². The summed E-state index contributed by atoms with van der Waals surface area (Å²) in [5.41, 5.74) is 5.76. The van der Waals surface area contributed by atoms with Gasteiger partial charge in [-0.2, -0.15) is 0 Å². The van der Waals surface area contributed by atoms with Gasteiger partial charge in [0.05, 0.1) is 0 Å². The molecule has 0 radical (unpaired) electrons. The average Bonchev–Trinajstić information content (AvgIpc) is 1.88. The molecule has 0 fully saturated rings. The van der Waals surface area contributed by atoms with Crippen LogP contribution in [0.5, 0.6) is 0 Å². The third kappa shape index (κ3) is 1.23. The van der Waals surface area contributed by atoms with E-state index >= 15 is 0 Å². The lowest BCUT2D eigenvalue weighted by Gasteiger charge is -1.98. The first-order chi connectivity index (χ1) is 4.74. The van der Waals surface area contributed by atoms with E-state index in [9.17, 15) is 8.78 Å². The number of benzene rings is 1. The van der Waals surface area contributed by atoms with Crippen molar-refractivity contribution in [1.82, 2.24) is 0 Å². The average molecular weight is 143 g/mol. The molecule has 3 heteroatoms. The Bertz CT molecular complexity index is 235. The van der Waals surface area contributed by atoms with Crippen LogP contribution in [0.3, 0.4) is 0 Å². The van der Waals surface area contributed by atoms with Gasteiger partial charge in [-0.05, 0) is 12.1 Å². The Hall–Kier alpha value is -1.12. The number of halogens is 2. The van der Waals surface area contributed by atoms with Gasteiger partial charge in [-0.25, -0.2) is 8.78 Å². The fraction of sp³-hybridized carbons (Fsp3) is 0.143. The number of hydrogen-bond acceptors (Lipinski definition) is 1. The van der Waals surface area contributed by atoms with Gasteiger partial charge < -0.3 is 5.73 Å². The molecule has 0 saturated carbocycles. The van der Waals surface area contributed by atoms with Gasteiger partial charge in [-0.1, -0.05) is 6.07 Å². The highest BCUT2D eigenvalue weighted by Gasteiger charge is 1.98. The van der Waals surface area contributed by atoms with Crippen LogP contribution >= 0.6 is 0 Å². The number of alkyl halides is 1. The first-order valence-electron chi connectivity index (χ1n) is 2.84. The normalized spacial score (nSPS) is 9.80. The minimum atomic E-state index is -0.647. The van der Waals surface area contributed by atoms with E-state index in [1.165, 1.54) is 12.1 Å². The van der Waals surface area contributed by atoms with E-state index in [1.54, 1.807) is 0 Å². The van der Waals surface area contributed by atoms with Crippen LogP contribution in [0, 0.1) is 5.82 Å². The summed E-state index contributed by atoms with van der Waals surface area (Å²) in [4.78, 5) is 0. The standard InChI is InChI=1S/C7H7F2N/c8-4-5-1-2-6(9)3-7(5)10/h1-3H,4,10H2. The van der Waals surface area contributed by atoms with E-state index in [1.807, 2.05) is 0 Å². The van der Waals surface area contributed by atoms with Crippen molar-refractivity contribution >= 4 is 5.69 Å². The van der Waals surface area contributed by atoms with Gasteiger partial charge in [-0.15, -0.1) is 0 Å². The predicted octanol–water partition coefficient (Wildman–Crippen LogP) is 1.88. The lowest BCUT2D eigenvalue weighted by atomic mass is 10.2. The van der Waals surface area contributed by atoms with Gasteiger partial charge in [0.15, 0.2) is 0 Å². The predicted molar refractivity (Wildman–Crippen MR) is 35.6 cm³/mol. The second kappa shape index (κ2) is 2.64. The summed E-state index contributed by atoms with van der Waals surface area (Å²) in [6, 6.07) is 3.63. The van der Waals surface area contributed by atoms with Crippen LogP contribution in [0.1, 0.15) is 5.56 Å². The largest absolute Gasteiger partial charge is 0.398 e. The minimum absolute atomic E-state index is 0.169. The fourth-order valence-corrected chi connectivity index (χ4v) is 0.687. The zero-order valence-electron chi connectivity index (χ0n) is 5.27. The van der Waals surface area contributed by atoms with Crippen molar-refractivity contribution in [2.24, 2.45) is 0 Å². The number of anilines is 1. The number of nitrogens with two attached hydrogens (primary N) is 1. The Kier molecular flexibility index (Phi) is 1.85. The SMILES string of the molecule is Nc1cc(F)ccc1CF. The fourth-order valence-electron chi connectivity index (χ4n) is 0.687. The summed E-state index contributed by atoms with van der Waals surface area (Å²) in [5.74, 6) is -0.435. The molecule has 0 amide bonds. The molecular weight excluding hydrogens is 136 g/mol. The van der Waals surface area contributed by atoms with E-state index in [2.05, 4.69) is 0 Å². The van der Waals surface area contributed by atoms with E-state index in [0.717, 1.165) is 6.07 Å². The smallest absolute Gasteiger partial charge is 0.125 e. The van der Waals surface area contributed by atoms with Crippen molar-refractivity contribution in [3.05, 3.63) is 29.6 Å². The second-order valence-electron chi connectivity index (χ2n) is 1.98. The highest BCUT2D eigenvalue weighted by Crippen LogP contribution is 2.13. The van der Waals surface area contributed by atoms with Crippen LogP contribution in [0.2, 0.25) is 0 Å². The number of rotatable bonds is 1. The Balaban J connectivity index is 3.07. The summed E-state index contributed by atoms with van der Waals surface area (Å²) in [6.07, 6.45) is 0. The van der Waals surface area contributed by atoms with Crippen LogP contribution in [0.15, 0.2) is 18.2 Å². The molecule has 0 heterocycles. The number of hydrogen-bond donors (Lipinski definition) is 1. The van der Waals surface area contributed by atoms with Crippen LogP contribution in [-0.4, -0.2) is 0 Å². The summed E-state index contributed by atoms with van der Waals surface area (Å²) in [5, 5.41) is 0. The van der Waals surface area contributed by atoms with Crippen molar-refractivity contribution < 1.29 is 8.78 Å². The van der Waals surface area contributed by atoms with Crippen molar-refractivity contribution in [3.63, 3.8) is 0 Å². The Morgan fingerprint density at radius 1 is 1.40 bits per heavy atom. The van der Waals surface area contributed by atoms with Gasteiger partial charge in [0.2, 0.25) is 0 Å². The van der Waals surface area contributed by atoms with Crippen molar-refractivity contribution in [2.45, 2.75) is 6.67 Å². The maximum Gasteiger partial charge on any atom is 0.125 e. The lowest BCUT2D eigenvalue weighted by Crippen LogP contribution is -1.92. The molecule has 1 rings (SSSR count). The molecule has 0 aliphatic carbocycles. The maximum atomic E-state index is 12.3. The molecule has 1 nitrogen and oxygen atoms in total. The third-order valence-electron chi connectivity index (χ3n) is 1.25. The molecule has 1 aromatic carbocycles. The molecule has 0 atom stereocenters. The van der Waals surface area contributed by atoms with E-state index in [-0.39, 0.29) is 5.69 Å². The monoisotopic (exact) mass is 143 g/mol. The van der Waals surface area contributed by atoms with Gasteiger partial charge in [0.1, 0.15) is 12.5 Å². The summed E-state index contributed by atoms with van der Waals surface area (Å²) in [7, 11) is 0. The third-order valence-corrected chi connectivity index (χ3v) is 1.25. The van der Waals surface area contributed by atoms with Crippen molar-refractivity contribution in [1.29, 1.82) is 0 Å². The molecule has 0 unspecified atom stereocenters. The molecule has 0 aliphatic heterocycles. The molecule has 0 saturated heterocycles. The summed E-state index contributed by atoms with van der Waals surface area (Å²) >= 11 is 0. The second-order valence-corrected chi connectivity index (χ2v) is 1.98. The van der Waals surface area contributed by atoms with E-state index in [0.29, 0.717) is 5.56 Å². The van der Waals surface area contributed by atoms with Crippen LogP contribution in [0.4, 0.5) is 14.5 Å². The van der Waals surface area contributed by atoms with Crippen LogP contribution in [-0.2, 0) is 6.67 Å². The molecule has 2 N–H and O–H groups in total. The Morgan fingerprint density at radius 2 is 2.10 bits per heavy atom. The van der Waals surface area contributed by atoms with Gasteiger partial charge >= 0.3 is 0 Å². The zero-order chi connectivity index (χ0) is 7.56. The van der Waals surface area contributed by atoms with Crippen molar-refractivity contribution in [3.8, 4) is 0 Å². The zero-order valence-corrected chi connectivity index (χ0v) is 5.27. The quantitative estimate of drug-likeness (QED) is 0.597. The first-order valence-corrected chi connectivity index (χ1v) is 2.84. The lowest BCUT2D eigenvalue weighted by molar-refractivity contribution is 0.485. The molecule has 0 bridgehead atoms. The molecule has 0 spiro atoms. The maximum absolute atomic E-state index is 12.3. The molecule has 54 valence electrons.